The van der Waals surface area contributed by atoms with Crippen LogP contribution in [0.1, 0.15) is 46.5 Å². The van der Waals surface area contributed by atoms with Crippen LogP contribution in [0.3, 0.4) is 0 Å². The van der Waals surface area contributed by atoms with E-state index >= 15 is 0 Å². The Balaban J connectivity index is 2.01. The van der Waals surface area contributed by atoms with Crippen molar-refractivity contribution >= 4 is 0 Å². The van der Waals surface area contributed by atoms with E-state index in [1.54, 1.807) is 0 Å². The topological polar surface area (TPSA) is 33.3 Å². The van der Waals surface area contributed by atoms with Gasteiger partial charge in [0.15, 0.2) is 0 Å². The van der Waals surface area contributed by atoms with Crippen molar-refractivity contribution in [1.82, 2.24) is 10.6 Å². The van der Waals surface area contributed by atoms with Gasteiger partial charge in [-0.25, -0.2) is 0 Å². The van der Waals surface area contributed by atoms with Crippen LogP contribution in [-0.2, 0) is 4.74 Å². The Labute approximate surface area is 107 Å². The average molecular weight is 242 g/mol. The van der Waals surface area contributed by atoms with E-state index < -0.39 is 0 Å². The maximum absolute atomic E-state index is 5.56. The molecule has 3 nitrogen and oxygen atoms in total. The van der Waals surface area contributed by atoms with Gasteiger partial charge in [0, 0.05) is 25.8 Å². The van der Waals surface area contributed by atoms with E-state index in [2.05, 4.69) is 31.4 Å². The van der Waals surface area contributed by atoms with Gasteiger partial charge in [0.2, 0.25) is 0 Å². The summed E-state index contributed by atoms with van der Waals surface area (Å²) in [6, 6.07) is 0.652. The minimum Gasteiger partial charge on any atom is -0.381 e. The lowest BCUT2D eigenvalue weighted by molar-refractivity contribution is 0.123. The summed E-state index contributed by atoms with van der Waals surface area (Å²) in [6.07, 6.45) is 4.78. The summed E-state index contributed by atoms with van der Waals surface area (Å²) in [5, 5.41) is 7.15. The molecule has 0 spiro atoms. The molecule has 1 saturated heterocycles. The van der Waals surface area contributed by atoms with Crippen molar-refractivity contribution in [3.63, 3.8) is 0 Å². The van der Waals surface area contributed by atoms with Crippen LogP contribution < -0.4 is 10.6 Å². The molecule has 0 radical (unpaired) electrons. The molecule has 1 aliphatic rings. The number of hydrogen-bond donors (Lipinski definition) is 2. The maximum Gasteiger partial charge on any atom is 0.0478 e. The molecule has 0 aromatic rings. The Morgan fingerprint density at radius 1 is 1.29 bits per heavy atom. The molecule has 1 unspecified atom stereocenters. The second-order valence-electron chi connectivity index (χ2n) is 5.78. The van der Waals surface area contributed by atoms with Crippen LogP contribution in [0.4, 0.5) is 0 Å². The minimum atomic E-state index is 0.376. The summed E-state index contributed by atoms with van der Waals surface area (Å²) in [4.78, 5) is 0. The third kappa shape index (κ3) is 5.84. The Morgan fingerprint density at radius 2 is 2.06 bits per heavy atom. The van der Waals surface area contributed by atoms with Gasteiger partial charge in [-0.15, -0.1) is 0 Å². The zero-order valence-electron chi connectivity index (χ0n) is 11.8. The predicted molar refractivity (Wildman–Crippen MR) is 73.4 cm³/mol. The molecule has 1 fully saturated rings. The molecule has 2 N–H and O–H groups in total. The lowest BCUT2D eigenvalue weighted by Crippen LogP contribution is -2.53. The number of nitrogens with one attached hydrogen (secondary N) is 2. The molecule has 1 heterocycles. The Bertz CT molecular complexity index is 195. The molecular formula is C14H30N2O. The first-order chi connectivity index (χ1) is 8.17. The van der Waals surface area contributed by atoms with E-state index in [0.717, 1.165) is 39.3 Å². The van der Waals surface area contributed by atoms with Gasteiger partial charge in [0.1, 0.15) is 0 Å². The Kier molecular flexibility index (Phi) is 7.09. The first-order valence-electron chi connectivity index (χ1n) is 7.18. The molecule has 0 bridgehead atoms. The van der Waals surface area contributed by atoms with Crippen molar-refractivity contribution in [2.24, 2.45) is 5.41 Å². The van der Waals surface area contributed by atoms with Crippen molar-refractivity contribution in [2.75, 3.05) is 32.8 Å². The zero-order valence-corrected chi connectivity index (χ0v) is 11.8. The van der Waals surface area contributed by atoms with E-state index in [9.17, 15) is 0 Å². The lowest BCUT2D eigenvalue weighted by Gasteiger charge is -2.39. The van der Waals surface area contributed by atoms with Crippen LogP contribution in [0, 0.1) is 5.41 Å². The second kappa shape index (κ2) is 8.06. The van der Waals surface area contributed by atoms with Crippen molar-refractivity contribution in [3.8, 4) is 0 Å². The largest absolute Gasteiger partial charge is 0.381 e. The van der Waals surface area contributed by atoms with Gasteiger partial charge in [-0.3, -0.25) is 0 Å². The zero-order chi connectivity index (χ0) is 12.6. The predicted octanol–water partition coefficient (Wildman–Crippen LogP) is 2.17. The summed E-state index contributed by atoms with van der Waals surface area (Å²) < 4.78 is 5.56. The third-order valence-electron chi connectivity index (χ3n) is 3.63. The van der Waals surface area contributed by atoms with E-state index in [-0.39, 0.29) is 0 Å². The van der Waals surface area contributed by atoms with Crippen LogP contribution in [0.15, 0.2) is 0 Å². The minimum absolute atomic E-state index is 0.376. The molecule has 0 aromatic heterocycles. The maximum atomic E-state index is 5.56. The fourth-order valence-corrected chi connectivity index (χ4v) is 2.35. The summed E-state index contributed by atoms with van der Waals surface area (Å²) in [7, 11) is 0. The van der Waals surface area contributed by atoms with Gasteiger partial charge >= 0.3 is 0 Å². The molecule has 0 aliphatic carbocycles. The van der Waals surface area contributed by atoms with E-state index in [1.807, 2.05) is 0 Å². The number of piperidine rings is 1. The van der Waals surface area contributed by atoms with Gasteiger partial charge in [-0.2, -0.15) is 0 Å². The number of ether oxygens (including phenoxy) is 1. The molecular weight excluding hydrogens is 212 g/mol. The highest BCUT2D eigenvalue weighted by Gasteiger charge is 2.31. The second-order valence-corrected chi connectivity index (χ2v) is 5.78. The highest BCUT2D eigenvalue weighted by atomic mass is 16.5. The number of hydrogen-bond acceptors (Lipinski definition) is 3. The first-order valence-corrected chi connectivity index (χ1v) is 7.18. The smallest absolute Gasteiger partial charge is 0.0478 e. The van der Waals surface area contributed by atoms with Crippen molar-refractivity contribution in [3.05, 3.63) is 0 Å². The standard InChI is InChI=1S/C14H30N2O/c1-4-5-10-17-11-6-8-16-13-7-9-15-12-14(13,2)3/h13,15-16H,4-12H2,1-3H3. The van der Waals surface area contributed by atoms with Gasteiger partial charge in [-0.1, -0.05) is 27.2 Å². The first kappa shape index (κ1) is 14.9. The van der Waals surface area contributed by atoms with Crippen LogP contribution in [0.25, 0.3) is 0 Å². The van der Waals surface area contributed by atoms with E-state index in [1.165, 1.54) is 19.3 Å². The highest BCUT2D eigenvalue weighted by molar-refractivity contribution is 4.90. The summed E-state index contributed by atoms with van der Waals surface area (Å²) in [5.74, 6) is 0. The summed E-state index contributed by atoms with van der Waals surface area (Å²) in [5.41, 5.74) is 0.376. The quantitative estimate of drug-likeness (QED) is 0.640. The summed E-state index contributed by atoms with van der Waals surface area (Å²) in [6.45, 7) is 12.1. The Morgan fingerprint density at radius 3 is 2.76 bits per heavy atom. The van der Waals surface area contributed by atoms with Gasteiger partial charge < -0.3 is 15.4 Å². The molecule has 1 aliphatic heterocycles. The molecule has 1 atom stereocenters. The molecule has 102 valence electrons. The molecule has 17 heavy (non-hydrogen) atoms. The van der Waals surface area contributed by atoms with Crippen LogP contribution in [0.5, 0.6) is 0 Å². The molecule has 0 amide bonds. The summed E-state index contributed by atoms with van der Waals surface area (Å²) >= 11 is 0. The molecule has 1 rings (SSSR count). The van der Waals surface area contributed by atoms with Crippen molar-refractivity contribution in [2.45, 2.75) is 52.5 Å². The van der Waals surface area contributed by atoms with Gasteiger partial charge in [-0.05, 0) is 37.8 Å². The fourth-order valence-electron chi connectivity index (χ4n) is 2.35. The molecule has 0 saturated carbocycles. The molecule has 0 aromatic carbocycles. The Hall–Kier alpha value is -0.120. The van der Waals surface area contributed by atoms with Gasteiger partial charge in [0.05, 0.1) is 0 Å². The monoisotopic (exact) mass is 242 g/mol. The number of unbranched alkanes of at least 4 members (excludes halogenated alkanes) is 1. The SMILES string of the molecule is CCCCOCCCNC1CCNCC1(C)C. The third-order valence-corrected chi connectivity index (χ3v) is 3.63. The van der Waals surface area contributed by atoms with Gasteiger partial charge in [0.25, 0.3) is 0 Å². The fraction of sp³-hybridized carbons (Fsp3) is 1.00. The van der Waals surface area contributed by atoms with Crippen LogP contribution in [-0.4, -0.2) is 38.9 Å². The highest BCUT2D eigenvalue weighted by Crippen LogP contribution is 2.24. The van der Waals surface area contributed by atoms with Crippen LogP contribution >= 0.6 is 0 Å². The van der Waals surface area contributed by atoms with E-state index in [0.29, 0.717) is 11.5 Å². The normalized spacial score (nSPS) is 23.8. The average Bonchev–Trinajstić information content (AvgIpc) is 2.29. The van der Waals surface area contributed by atoms with Crippen molar-refractivity contribution in [1.29, 1.82) is 0 Å². The van der Waals surface area contributed by atoms with Crippen LogP contribution in [0.2, 0.25) is 0 Å². The number of rotatable bonds is 8. The lowest BCUT2D eigenvalue weighted by atomic mass is 9.80. The van der Waals surface area contributed by atoms with E-state index in [4.69, 9.17) is 4.74 Å². The molecule has 3 heteroatoms. The van der Waals surface area contributed by atoms with Crippen molar-refractivity contribution < 1.29 is 4.74 Å².